The minimum absolute atomic E-state index is 0.0531. The van der Waals surface area contributed by atoms with Crippen molar-refractivity contribution in [3.05, 3.63) is 28.2 Å². The highest BCUT2D eigenvalue weighted by atomic mass is 79.9. The summed E-state index contributed by atoms with van der Waals surface area (Å²) < 4.78 is 6.39. The topological polar surface area (TPSA) is 59.6 Å². The quantitative estimate of drug-likeness (QED) is 0.491. The Labute approximate surface area is 129 Å². The monoisotopic (exact) mass is 341 g/mol. The summed E-state index contributed by atoms with van der Waals surface area (Å²) in [5, 5.41) is 3.14. The van der Waals surface area contributed by atoms with Gasteiger partial charge in [-0.25, -0.2) is 0 Å². The van der Waals surface area contributed by atoms with E-state index < -0.39 is 0 Å². The highest BCUT2D eigenvalue weighted by Crippen LogP contribution is 2.24. The van der Waals surface area contributed by atoms with Crippen molar-refractivity contribution >= 4 is 21.9 Å². The summed E-state index contributed by atoms with van der Waals surface area (Å²) >= 11 is 3.44. The van der Waals surface area contributed by atoms with Crippen LogP contribution in [0.5, 0.6) is 5.75 Å². The SMILES string of the molecule is COc1cc(Br)ccc1CCCN=C(N)NC(C)(C)C. The van der Waals surface area contributed by atoms with Crippen LogP contribution >= 0.6 is 15.9 Å². The van der Waals surface area contributed by atoms with Crippen LogP contribution in [0.4, 0.5) is 0 Å². The highest BCUT2D eigenvalue weighted by molar-refractivity contribution is 9.10. The lowest BCUT2D eigenvalue weighted by Gasteiger charge is -2.20. The van der Waals surface area contributed by atoms with E-state index >= 15 is 0 Å². The number of methoxy groups -OCH3 is 1. The van der Waals surface area contributed by atoms with Crippen molar-refractivity contribution in [3.8, 4) is 5.75 Å². The number of hydrogen-bond acceptors (Lipinski definition) is 2. The van der Waals surface area contributed by atoms with Crippen molar-refractivity contribution in [3.63, 3.8) is 0 Å². The molecular formula is C15H24BrN3O. The van der Waals surface area contributed by atoms with Gasteiger partial charge in [0.2, 0.25) is 0 Å². The van der Waals surface area contributed by atoms with Crippen LogP contribution in [0.3, 0.4) is 0 Å². The molecule has 0 aliphatic carbocycles. The van der Waals surface area contributed by atoms with Crippen LogP contribution in [-0.2, 0) is 6.42 Å². The molecule has 0 saturated heterocycles. The van der Waals surface area contributed by atoms with Crippen LogP contribution < -0.4 is 15.8 Å². The Kier molecular flexibility index (Phi) is 6.33. The normalized spacial score (nSPS) is 12.3. The smallest absolute Gasteiger partial charge is 0.188 e. The maximum atomic E-state index is 5.82. The second-order valence-corrected chi connectivity index (χ2v) is 6.62. The molecule has 4 nitrogen and oxygen atoms in total. The van der Waals surface area contributed by atoms with Gasteiger partial charge in [-0.05, 0) is 51.3 Å². The number of ether oxygens (including phenoxy) is 1. The van der Waals surface area contributed by atoms with Gasteiger partial charge in [0.05, 0.1) is 7.11 Å². The first kappa shape index (κ1) is 16.8. The Bertz CT molecular complexity index is 467. The fraction of sp³-hybridized carbons (Fsp3) is 0.533. The van der Waals surface area contributed by atoms with E-state index in [4.69, 9.17) is 10.5 Å². The first-order chi connectivity index (χ1) is 9.31. The lowest BCUT2D eigenvalue weighted by Crippen LogP contribution is -2.45. The molecule has 1 rings (SSSR count). The summed E-state index contributed by atoms with van der Waals surface area (Å²) in [6.45, 7) is 6.88. The number of nitrogens with zero attached hydrogens (tertiary/aromatic N) is 1. The molecule has 0 bridgehead atoms. The molecule has 20 heavy (non-hydrogen) atoms. The number of halogens is 1. The number of guanidine groups is 1. The zero-order valence-electron chi connectivity index (χ0n) is 12.7. The third kappa shape index (κ3) is 6.28. The molecule has 0 unspecified atom stereocenters. The second kappa shape index (κ2) is 7.53. The van der Waals surface area contributed by atoms with Crippen LogP contribution in [0.1, 0.15) is 32.8 Å². The van der Waals surface area contributed by atoms with Crippen LogP contribution in [0.2, 0.25) is 0 Å². The molecule has 0 radical (unpaired) electrons. The second-order valence-electron chi connectivity index (χ2n) is 5.70. The van der Waals surface area contributed by atoms with Gasteiger partial charge < -0.3 is 15.8 Å². The third-order valence-electron chi connectivity index (χ3n) is 2.64. The lowest BCUT2D eigenvalue weighted by atomic mass is 10.1. The molecule has 3 N–H and O–H groups in total. The summed E-state index contributed by atoms with van der Waals surface area (Å²) in [6.07, 6.45) is 1.85. The lowest BCUT2D eigenvalue weighted by molar-refractivity contribution is 0.409. The minimum Gasteiger partial charge on any atom is -0.496 e. The van der Waals surface area contributed by atoms with Crippen LogP contribution in [0.15, 0.2) is 27.7 Å². The predicted octanol–water partition coefficient (Wildman–Crippen LogP) is 3.09. The average molecular weight is 342 g/mol. The van der Waals surface area contributed by atoms with E-state index in [1.165, 1.54) is 5.56 Å². The van der Waals surface area contributed by atoms with Gasteiger partial charge in [0.25, 0.3) is 0 Å². The molecule has 112 valence electrons. The summed E-state index contributed by atoms with van der Waals surface area (Å²) in [7, 11) is 1.69. The molecule has 0 heterocycles. The maximum absolute atomic E-state index is 5.82. The van der Waals surface area contributed by atoms with Gasteiger partial charge in [0.15, 0.2) is 5.96 Å². The summed E-state index contributed by atoms with van der Waals surface area (Å²) in [4.78, 5) is 4.33. The van der Waals surface area contributed by atoms with Gasteiger partial charge >= 0.3 is 0 Å². The fourth-order valence-corrected chi connectivity index (χ4v) is 2.16. The van der Waals surface area contributed by atoms with Crippen molar-refractivity contribution in [2.75, 3.05) is 13.7 Å². The van der Waals surface area contributed by atoms with E-state index in [0.717, 1.165) is 23.1 Å². The molecule has 1 aromatic carbocycles. The van der Waals surface area contributed by atoms with E-state index in [1.54, 1.807) is 7.11 Å². The maximum Gasteiger partial charge on any atom is 0.188 e. The number of nitrogens with one attached hydrogen (secondary N) is 1. The number of benzene rings is 1. The number of rotatable bonds is 5. The molecule has 5 heteroatoms. The molecule has 0 aliphatic heterocycles. The largest absolute Gasteiger partial charge is 0.496 e. The zero-order chi connectivity index (χ0) is 15.2. The standard InChI is InChI=1S/C15H24BrN3O/c1-15(2,3)19-14(17)18-9-5-6-11-7-8-12(16)10-13(11)20-4/h7-8,10H,5-6,9H2,1-4H3,(H3,17,18,19). The Morgan fingerprint density at radius 2 is 2.10 bits per heavy atom. The van der Waals surface area contributed by atoms with Gasteiger partial charge in [-0.2, -0.15) is 0 Å². The van der Waals surface area contributed by atoms with E-state index in [9.17, 15) is 0 Å². The molecule has 1 aromatic rings. The number of nitrogens with two attached hydrogens (primary N) is 1. The number of hydrogen-bond donors (Lipinski definition) is 2. The zero-order valence-corrected chi connectivity index (χ0v) is 14.3. The molecule has 0 spiro atoms. The van der Waals surface area contributed by atoms with E-state index in [2.05, 4.69) is 53.1 Å². The van der Waals surface area contributed by atoms with Gasteiger partial charge in [0, 0.05) is 16.6 Å². The summed E-state index contributed by atoms with van der Waals surface area (Å²) in [5.41, 5.74) is 6.96. The van der Waals surface area contributed by atoms with Crippen LogP contribution in [-0.4, -0.2) is 25.2 Å². The van der Waals surface area contributed by atoms with Crippen molar-refractivity contribution in [2.24, 2.45) is 10.7 Å². The van der Waals surface area contributed by atoms with E-state index in [-0.39, 0.29) is 5.54 Å². The van der Waals surface area contributed by atoms with E-state index in [1.807, 2.05) is 12.1 Å². The molecule has 0 aliphatic rings. The van der Waals surface area contributed by atoms with Crippen molar-refractivity contribution in [1.29, 1.82) is 0 Å². The van der Waals surface area contributed by atoms with E-state index in [0.29, 0.717) is 12.5 Å². The molecule has 0 atom stereocenters. The van der Waals surface area contributed by atoms with Crippen molar-refractivity contribution in [2.45, 2.75) is 39.2 Å². The Balaban J connectivity index is 2.47. The molecular weight excluding hydrogens is 318 g/mol. The van der Waals surface area contributed by atoms with Gasteiger partial charge in [-0.1, -0.05) is 22.0 Å². The molecule has 0 saturated carbocycles. The third-order valence-corrected chi connectivity index (χ3v) is 3.13. The Hall–Kier alpha value is -1.23. The Morgan fingerprint density at radius 3 is 2.70 bits per heavy atom. The molecule has 0 fully saturated rings. The van der Waals surface area contributed by atoms with Crippen LogP contribution in [0, 0.1) is 0 Å². The highest BCUT2D eigenvalue weighted by Gasteiger charge is 2.09. The van der Waals surface area contributed by atoms with Gasteiger partial charge in [-0.3, -0.25) is 4.99 Å². The predicted molar refractivity (Wildman–Crippen MR) is 88.4 cm³/mol. The van der Waals surface area contributed by atoms with Crippen LogP contribution in [0.25, 0.3) is 0 Å². The summed E-state index contributed by atoms with van der Waals surface area (Å²) in [6, 6.07) is 6.08. The van der Waals surface area contributed by atoms with Crippen molar-refractivity contribution in [1.82, 2.24) is 5.32 Å². The first-order valence-electron chi connectivity index (χ1n) is 6.72. The minimum atomic E-state index is -0.0531. The Morgan fingerprint density at radius 1 is 1.40 bits per heavy atom. The summed E-state index contributed by atoms with van der Waals surface area (Å²) in [5.74, 6) is 1.41. The average Bonchev–Trinajstić information content (AvgIpc) is 2.33. The first-order valence-corrected chi connectivity index (χ1v) is 7.51. The molecule has 0 amide bonds. The van der Waals surface area contributed by atoms with Gasteiger partial charge in [0.1, 0.15) is 5.75 Å². The van der Waals surface area contributed by atoms with Crippen molar-refractivity contribution < 1.29 is 4.74 Å². The molecule has 0 aromatic heterocycles. The number of aryl methyl sites for hydroxylation is 1. The fourth-order valence-electron chi connectivity index (χ4n) is 1.82. The van der Waals surface area contributed by atoms with Gasteiger partial charge in [-0.15, -0.1) is 0 Å². The number of aliphatic imine (C=N–C) groups is 1.